The molecule has 0 spiro atoms. The number of hydrogen-bond acceptors (Lipinski definition) is 0. The van der Waals surface area contributed by atoms with Crippen molar-refractivity contribution in [1.82, 2.24) is 0 Å². The average Bonchev–Trinajstić information content (AvgIpc) is 3.08. The van der Waals surface area contributed by atoms with Gasteiger partial charge in [0.1, 0.15) is 0 Å². The van der Waals surface area contributed by atoms with Crippen LogP contribution in [0.2, 0.25) is 0 Å². The molecule has 1 aliphatic carbocycles. The fourth-order valence-electron chi connectivity index (χ4n) is 4.96. The molecular weight excluding hydrogens is 331 g/mol. The Balaban J connectivity index is 1.81. The van der Waals surface area contributed by atoms with Gasteiger partial charge in [0.15, 0.2) is 0 Å². The predicted molar refractivity (Wildman–Crippen MR) is 115 cm³/mol. The molecule has 2 aromatic carbocycles. The molecule has 0 bridgehead atoms. The lowest BCUT2D eigenvalue weighted by Crippen LogP contribution is -2.23. The van der Waals surface area contributed by atoms with Gasteiger partial charge in [0, 0.05) is 16.5 Å². The van der Waals surface area contributed by atoms with E-state index in [1.807, 2.05) is 0 Å². The van der Waals surface area contributed by atoms with Gasteiger partial charge in [-0.2, -0.15) is 0 Å². The maximum Gasteiger partial charge on any atom is 0.0104 e. The third-order valence-corrected chi connectivity index (χ3v) is 10.2. The quantitative estimate of drug-likeness (QED) is 0.493. The summed E-state index contributed by atoms with van der Waals surface area (Å²) in [4.78, 5) is 0. The molecule has 0 N–H and O–H groups in total. The number of aryl methyl sites for hydroxylation is 2. The van der Waals surface area contributed by atoms with E-state index in [-0.39, 0.29) is 7.92 Å². The van der Waals surface area contributed by atoms with Crippen LogP contribution in [0.3, 0.4) is 0 Å². The van der Waals surface area contributed by atoms with Crippen LogP contribution < -0.4 is 0 Å². The molecular formula is C25H29P. The second kappa shape index (κ2) is 7.16. The molecule has 3 unspecified atom stereocenters. The molecule has 1 heteroatoms. The summed E-state index contributed by atoms with van der Waals surface area (Å²) in [5, 5.41) is 0.292. The Morgan fingerprint density at radius 3 is 1.81 bits per heavy atom. The molecule has 2 aromatic rings. The van der Waals surface area contributed by atoms with Crippen molar-refractivity contribution in [1.29, 1.82) is 0 Å². The Kier molecular flexibility index (Phi) is 4.89. The number of rotatable bonds is 3. The molecule has 26 heavy (non-hydrogen) atoms. The van der Waals surface area contributed by atoms with Gasteiger partial charge in [-0.1, -0.05) is 87.7 Å². The van der Waals surface area contributed by atoms with Crippen molar-refractivity contribution in [2.75, 3.05) is 0 Å². The minimum absolute atomic E-state index is 0.195. The zero-order valence-corrected chi connectivity index (χ0v) is 17.0. The summed E-state index contributed by atoms with van der Waals surface area (Å²) in [6, 6.07) is 18.2. The molecule has 1 aliphatic heterocycles. The van der Waals surface area contributed by atoms with Crippen molar-refractivity contribution in [2.24, 2.45) is 0 Å². The molecule has 2 aliphatic rings. The van der Waals surface area contributed by atoms with Gasteiger partial charge in [-0.05, 0) is 55.4 Å². The van der Waals surface area contributed by atoms with Crippen molar-refractivity contribution in [2.45, 2.75) is 56.5 Å². The standard InChI is InChI=1S/C25H29P/c1-19-11-5-7-13-21(19)23-15-16-24(22-14-8-6-12-20(22)2)26(23)25(3)17-9-4-10-18-25/h4-14,17,23-24H,15-16,18H2,1-3H3. The molecule has 0 nitrogen and oxygen atoms in total. The smallest absolute Gasteiger partial charge is 0.0104 e. The topological polar surface area (TPSA) is 0 Å². The third-order valence-electron chi connectivity index (χ3n) is 6.30. The van der Waals surface area contributed by atoms with Crippen LogP contribution in [0.5, 0.6) is 0 Å². The SMILES string of the molecule is Cc1ccccc1C1CCC(c2ccccc2C)P1C1(C)C=CC=CC1. The van der Waals surface area contributed by atoms with Gasteiger partial charge >= 0.3 is 0 Å². The lowest BCUT2D eigenvalue weighted by atomic mass is 9.99. The first-order valence-corrected chi connectivity index (χ1v) is 11.3. The summed E-state index contributed by atoms with van der Waals surface area (Å²) >= 11 is 0. The van der Waals surface area contributed by atoms with Gasteiger partial charge in [-0.3, -0.25) is 0 Å². The largest absolute Gasteiger partial charge is 0.0833 e. The fourth-order valence-corrected chi connectivity index (χ4v) is 9.43. The fraction of sp³-hybridized carbons (Fsp3) is 0.360. The molecule has 0 saturated carbocycles. The molecule has 1 fully saturated rings. The number of allylic oxidation sites excluding steroid dienone is 4. The molecule has 4 rings (SSSR count). The lowest BCUT2D eigenvalue weighted by molar-refractivity contribution is 0.760. The van der Waals surface area contributed by atoms with E-state index in [0.717, 1.165) is 0 Å². The second-order valence-electron chi connectivity index (χ2n) is 8.08. The van der Waals surface area contributed by atoms with E-state index in [1.165, 1.54) is 30.4 Å². The van der Waals surface area contributed by atoms with Crippen LogP contribution in [0.25, 0.3) is 0 Å². The number of hydrogen-bond donors (Lipinski definition) is 0. The summed E-state index contributed by atoms with van der Waals surface area (Å²) in [5.41, 5.74) is 7.54. The van der Waals surface area contributed by atoms with E-state index < -0.39 is 0 Å². The van der Waals surface area contributed by atoms with Gasteiger partial charge in [0.25, 0.3) is 0 Å². The normalized spacial score (nSPS) is 30.7. The summed E-state index contributed by atoms with van der Waals surface area (Å²) in [6.45, 7) is 7.10. The van der Waals surface area contributed by atoms with Crippen LogP contribution in [0.4, 0.5) is 0 Å². The predicted octanol–water partition coefficient (Wildman–Crippen LogP) is 7.64. The molecule has 0 amide bonds. The second-order valence-corrected chi connectivity index (χ2v) is 11.2. The van der Waals surface area contributed by atoms with Crippen molar-refractivity contribution in [3.8, 4) is 0 Å². The minimum Gasteiger partial charge on any atom is -0.0833 e. The first kappa shape index (κ1) is 17.7. The van der Waals surface area contributed by atoms with E-state index in [2.05, 4.69) is 93.6 Å². The van der Waals surface area contributed by atoms with Gasteiger partial charge in [0.05, 0.1) is 0 Å². The van der Waals surface area contributed by atoms with Crippen LogP contribution in [-0.2, 0) is 0 Å². The van der Waals surface area contributed by atoms with E-state index in [0.29, 0.717) is 16.5 Å². The van der Waals surface area contributed by atoms with Crippen molar-refractivity contribution < 1.29 is 0 Å². The van der Waals surface area contributed by atoms with E-state index in [9.17, 15) is 0 Å². The first-order valence-electron chi connectivity index (χ1n) is 9.84. The summed E-state index contributed by atoms with van der Waals surface area (Å²) < 4.78 is 0. The van der Waals surface area contributed by atoms with Crippen LogP contribution in [-0.4, -0.2) is 5.16 Å². The molecule has 3 atom stereocenters. The van der Waals surface area contributed by atoms with Gasteiger partial charge in [-0.15, -0.1) is 0 Å². The first-order chi connectivity index (χ1) is 12.6. The van der Waals surface area contributed by atoms with Crippen molar-refractivity contribution >= 4 is 7.92 Å². The summed E-state index contributed by atoms with van der Waals surface area (Å²) in [5.74, 6) is 0. The zero-order valence-electron chi connectivity index (χ0n) is 16.2. The summed E-state index contributed by atoms with van der Waals surface area (Å²) in [6.07, 6.45) is 13.2. The van der Waals surface area contributed by atoms with E-state index >= 15 is 0 Å². The Morgan fingerprint density at radius 2 is 1.35 bits per heavy atom. The zero-order chi connectivity index (χ0) is 18.1. The molecule has 134 valence electrons. The van der Waals surface area contributed by atoms with Gasteiger partial charge in [-0.25, -0.2) is 0 Å². The van der Waals surface area contributed by atoms with E-state index in [1.54, 1.807) is 11.1 Å². The molecule has 1 heterocycles. The Bertz CT molecular complexity index is 793. The van der Waals surface area contributed by atoms with Crippen LogP contribution in [0, 0.1) is 13.8 Å². The lowest BCUT2D eigenvalue weighted by Gasteiger charge is -2.42. The highest BCUT2D eigenvalue weighted by atomic mass is 31.1. The monoisotopic (exact) mass is 360 g/mol. The van der Waals surface area contributed by atoms with Gasteiger partial charge < -0.3 is 0 Å². The molecule has 0 radical (unpaired) electrons. The van der Waals surface area contributed by atoms with Crippen LogP contribution in [0.15, 0.2) is 72.8 Å². The van der Waals surface area contributed by atoms with E-state index in [4.69, 9.17) is 0 Å². The molecule has 0 aromatic heterocycles. The Labute approximate surface area is 159 Å². The van der Waals surface area contributed by atoms with Gasteiger partial charge in [0.2, 0.25) is 0 Å². The third kappa shape index (κ3) is 3.10. The van der Waals surface area contributed by atoms with Crippen molar-refractivity contribution in [3.05, 3.63) is 95.1 Å². The summed E-state index contributed by atoms with van der Waals surface area (Å²) in [7, 11) is -0.195. The van der Waals surface area contributed by atoms with Crippen LogP contribution in [0.1, 0.15) is 59.8 Å². The van der Waals surface area contributed by atoms with Crippen LogP contribution >= 0.6 is 7.92 Å². The highest BCUT2D eigenvalue weighted by Gasteiger charge is 2.47. The number of benzene rings is 2. The Hall–Kier alpha value is -1.65. The average molecular weight is 360 g/mol. The molecule has 1 saturated heterocycles. The minimum atomic E-state index is -0.195. The maximum absolute atomic E-state index is 2.51. The maximum atomic E-state index is 2.51. The highest BCUT2D eigenvalue weighted by Crippen LogP contribution is 2.77. The highest BCUT2D eigenvalue weighted by molar-refractivity contribution is 7.60. The van der Waals surface area contributed by atoms with Crippen molar-refractivity contribution in [3.63, 3.8) is 0 Å². The Morgan fingerprint density at radius 1 is 0.808 bits per heavy atom.